The third-order valence-corrected chi connectivity index (χ3v) is 2.89. The maximum absolute atomic E-state index is 10.9. The van der Waals surface area contributed by atoms with Gasteiger partial charge in [-0.2, -0.15) is 0 Å². The SMILES string of the molecule is CC(=O)OC1CCCCC1CCCO. The van der Waals surface area contributed by atoms with Gasteiger partial charge in [0.2, 0.25) is 0 Å². The Labute approximate surface area is 85.5 Å². The van der Waals surface area contributed by atoms with Gasteiger partial charge in [-0.3, -0.25) is 4.79 Å². The zero-order valence-corrected chi connectivity index (χ0v) is 8.87. The van der Waals surface area contributed by atoms with Gasteiger partial charge in [0.1, 0.15) is 6.10 Å². The summed E-state index contributed by atoms with van der Waals surface area (Å²) in [7, 11) is 0. The van der Waals surface area contributed by atoms with Crippen molar-refractivity contribution in [2.45, 2.75) is 51.6 Å². The Balaban J connectivity index is 2.37. The molecule has 3 nitrogen and oxygen atoms in total. The Morgan fingerprint density at radius 2 is 2.14 bits per heavy atom. The summed E-state index contributed by atoms with van der Waals surface area (Å²) in [6, 6.07) is 0. The van der Waals surface area contributed by atoms with Crippen molar-refractivity contribution in [1.82, 2.24) is 0 Å². The molecule has 1 N–H and O–H groups in total. The van der Waals surface area contributed by atoms with E-state index in [1.807, 2.05) is 0 Å². The highest BCUT2D eigenvalue weighted by Gasteiger charge is 2.26. The lowest BCUT2D eigenvalue weighted by Gasteiger charge is -2.30. The first-order valence-corrected chi connectivity index (χ1v) is 5.52. The molecule has 1 aliphatic rings. The molecular weight excluding hydrogens is 180 g/mol. The molecule has 2 unspecified atom stereocenters. The molecule has 1 aliphatic carbocycles. The van der Waals surface area contributed by atoms with Crippen molar-refractivity contribution in [3.8, 4) is 0 Å². The number of esters is 1. The minimum Gasteiger partial charge on any atom is -0.462 e. The summed E-state index contributed by atoms with van der Waals surface area (Å²) >= 11 is 0. The lowest BCUT2D eigenvalue weighted by molar-refractivity contribution is -0.151. The molecule has 0 saturated heterocycles. The first-order valence-electron chi connectivity index (χ1n) is 5.52. The van der Waals surface area contributed by atoms with Crippen molar-refractivity contribution < 1.29 is 14.6 Å². The number of aliphatic hydroxyl groups excluding tert-OH is 1. The van der Waals surface area contributed by atoms with E-state index in [1.165, 1.54) is 13.3 Å². The third-order valence-electron chi connectivity index (χ3n) is 2.89. The van der Waals surface area contributed by atoms with Crippen LogP contribution in [-0.2, 0) is 9.53 Å². The van der Waals surface area contributed by atoms with E-state index in [9.17, 15) is 4.79 Å². The lowest BCUT2D eigenvalue weighted by atomic mass is 9.83. The van der Waals surface area contributed by atoms with Crippen LogP contribution in [0.1, 0.15) is 45.4 Å². The zero-order chi connectivity index (χ0) is 10.4. The smallest absolute Gasteiger partial charge is 0.302 e. The first-order chi connectivity index (χ1) is 6.74. The Bertz CT molecular complexity index is 179. The summed E-state index contributed by atoms with van der Waals surface area (Å²) in [6.07, 6.45) is 6.43. The van der Waals surface area contributed by atoms with Crippen molar-refractivity contribution in [3.63, 3.8) is 0 Å². The third kappa shape index (κ3) is 3.66. The Morgan fingerprint density at radius 1 is 1.43 bits per heavy atom. The van der Waals surface area contributed by atoms with Crippen molar-refractivity contribution in [2.75, 3.05) is 6.61 Å². The van der Waals surface area contributed by atoms with Crippen molar-refractivity contribution in [1.29, 1.82) is 0 Å². The molecule has 3 heteroatoms. The molecule has 1 saturated carbocycles. The van der Waals surface area contributed by atoms with Crippen LogP contribution >= 0.6 is 0 Å². The second-order valence-electron chi connectivity index (χ2n) is 4.06. The minimum atomic E-state index is -0.175. The number of ether oxygens (including phenoxy) is 1. The fourth-order valence-electron chi connectivity index (χ4n) is 2.23. The maximum Gasteiger partial charge on any atom is 0.302 e. The Kier molecular flexibility index (Phi) is 4.94. The number of aliphatic hydroxyl groups is 1. The van der Waals surface area contributed by atoms with Gasteiger partial charge in [-0.15, -0.1) is 0 Å². The standard InChI is InChI=1S/C11H20O3/c1-9(13)14-11-7-3-2-5-10(11)6-4-8-12/h10-12H,2-8H2,1H3. The van der Waals surface area contributed by atoms with Gasteiger partial charge in [-0.25, -0.2) is 0 Å². The predicted molar refractivity (Wildman–Crippen MR) is 53.8 cm³/mol. The van der Waals surface area contributed by atoms with E-state index in [-0.39, 0.29) is 18.7 Å². The highest BCUT2D eigenvalue weighted by Crippen LogP contribution is 2.30. The molecule has 0 amide bonds. The van der Waals surface area contributed by atoms with E-state index in [0.717, 1.165) is 32.1 Å². The summed E-state index contributed by atoms with van der Waals surface area (Å²) < 4.78 is 5.28. The van der Waals surface area contributed by atoms with Gasteiger partial charge in [0, 0.05) is 13.5 Å². The van der Waals surface area contributed by atoms with Gasteiger partial charge in [0.05, 0.1) is 0 Å². The number of carbonyl (C=O) groups excluding carboxylic acids is 1. The molecule has 0 radical (unpaired) electrons. The minimum absolute atomic E-state index is 0.104. The summed E-state index contributed by atoms with van der Waals surface area (Å²) in [5.74, 6) is 0.297. The van der Waals surface area contributed by atoms with Gasteiger partial charge < -0.3 is 9.84 Å². The molecule has 1 fully saturated rings. The molecule has 0 heterocycles. The van der Waals surface area contributed by atoms with Crippen LogP contribution in [0.2, 0.25) is 0 Å². The van der Waals surface area contributed by atoms with Gasteiger partial charge in [0.15, 0.2) is 0 Å². The summed E-state index contributed by atoms with van der Waals surface area (Å²) in [6.45, 7) is 1.71. The summed E-state index contributed by atoms with van der Waals surface area (Å²) in [5, 5.41) is 8.76. The molecule has 14 heavy (non-hydrogen) atoms. The van der Waals surface area contributed by atoms with Crippen molar-refractivity contribution >= 4 is 5.97 Å². The largest absolute Gasteiger partial charge is 0.462 e. The molecule has 0 aromatic heterocycles. The summed E-state index contributed by atoms with van der Waals surface area (Å²) in [5.41, 5.74) is 0. The van der Waals surface area contributed by atoms with Crippen LogP contribution in [-0.4, -0.2) is 23.8 Å². The highest BCUT2D eigenvalue weighted by molar-refractivity contribution is 5.66. The topological polar surface area (TPSA) is 46.5 Å². The molecule has 0 spiro atoms. The van der Waals surface area contributed by atoms with Crippen LogP contribution in [0.25, 0.3) is 0 Å². The molecule has 0 bridgehead atoms. The van der Waals surface area contributed by atoms with Crippen molar-refractivity contribution in [2.24, 2.45) is 5.92 Å². The number of hydrogen-bond donors (Lipinski definition) is 1. The predicted octanol–water partition coefficient (Wildman–Crippen LogP) is 1.88. The second kappa shape index (κ2) is 6.02. The van der Waals surface area contributed by atoms with E-state index < -0.39 is 0 Å². The van der Waals surface area contributed by atoms with Crippen LogP contribution in [0.5, 0.6) is 0 Å². The zero-order valence-electron chi connectivity index (χ0n) is 8.87. The van der Waals surface area contributed by atoms with E-state index in [2.05, 4.69) is 0 Å². The van der Waals surface area contributed by atoms with E-state index in [0.29, 0.717) is 5.92 Å². The molecule has 1 rings (SSSR count). The molecule has 0 aromatic rings. The van der Waals surface area contributed by atoms with Crippen LogP contribution in [0, 0.1) is 5.92 Å². The normalized spacial score (nSPS) is 27.3. The molecule has 82 valence electrons. The number of rotatable bonds is 4. The van der Waals surface area contributed by atoms with Crippen LogP contribution in [0.3, 0.4) is 0 Å². The van der Waals surface area contributed by atoms with E-state index in [4.69, 9.17) is 9.84 Å². The van der Waals surface area contributed by atoms with E-state index >= 15 is 0 Å². The maximum atomic E-state index is 10.9. The fraction of sp³-hybridized carbons (Fsp3) is 0.909. The van der Waals surface area contributed by atoms with Gasteiger partial charge in [-0.1, -0.05) is 6.42 Å². The fourth-order valence-corrected chi connectivity index (χ4v) is 2.23. The summed E-state index contributed by atoms with van der Waals surface area (Å²) in [4.78, 5) is 10.9. The number of carbonyl (C=O) groups is 1. The quantitative estimate of drug-likeness (QED) is 0.705. The Hall–Kier alpha value is -0.570. The first kappa shape index (κ1) is 11.5. The highest BCUT2D eigenvalue weighted by atomic mass is 16.5. The van der Waals surface area contributed by atoms with Gasteiger partial charge in [-0.05, 0) is 38.0 Å². The lowest BCUT2D eigenvalue weighted by Crippen LogP contribution is -2.29. The molecular formula is C11H20O3. The monoisotopic (exact) mass is 200 g/mol. The van der Waals surface area contributed by atoms with Gasteiger partial charge in [0.25, 0.3) is 0 Å². The van der Waals surface area contributed by atoms with Gasteiger partial charge >= 0.3 is 5.97 Å². The molecule has 2 atom stereocenters. The van der Waals surface area contributed by atoms with E-state index in [1.54, 1.807) is 0 Å². The average Bonchev–Trinajstić information content (AvgIpc) is 2.16. The van der Waals surface area contributed by atoms with Crippen molar-refractivity contribution in [3.05, 3.63) is 0 Å². The molecule has 0 aromatic carbocycles. The molecule has 0 aliphatic heterocycles. The van der Waals surface area contributed by atoms with Crippen LogP contribution in [0.4, 0.5) is 0 Å². The second-order valence-corrected chi connectivity index (χ2v) is 4.06. The average molecular weight is 200 g/mol. The van der Waals surface area contributed by atoms with Crippen LogP contribution < -0.4 is 0 Å². The van der Waals surface area contributed by atoms with Crippen LogP contribution in [0.15, 0.2) is 0 Å². The Morgan fingerprint density at radius 3 is 2.79 bits per heavy atom. The number of hydrogen-bond acceptors (Lipinski definition) is 3.